The average Bonchev–Trinajstić information content (AvgIpc) is 2.57. The molecule has 4 atom stereocenters. The summed E-state index contributed by atoms with van der Waals surface area (Å²) in [5, 5.41) is 9.16. The third kappa shape index (κ3) is 2.20. The predicted molar refractivity (Wildman–Crippen MR) is 59.6 cm³/mol. The molecule has 1 N–H and O–H groups in total. The molecule has 0 aromatic carbocycles. The van der Waals surface area contributed by atoms with Crippen LogP contribution in [-0.4, -0.2) is 47.7 Å². The molecular formula is C11H15ClO5. The smallest absolute Gasteiger partial charge is 0.335 e. The molecule has 5 nitrogen and oxygen atoms in total. The van der Waals surface area contributed by atoms with Gasteiger partial charge in [0.15, 0.2) is 5.79 Å². The maximum Gasteiger partial charge on any atom is 0.335 e. The number of hydrogen-bond acceptors (Lipinski definition) is 5. The number of esters is 1. The van der Waals surface area contributed by atoms with E-state index in [4.69, 9.17) is 21.1 Å². The standard InChI is InChI=1S/C11H15ClO5/c1-11(2)16-6-4-5(10(14)15-3)7(12)8(13)9(6)17-11/h4,6-9,13H,1-3H3/t6-,7-,8-,9-/m0/s1. The maximum absolute atomic E-state index is 11.5. The van der Waals surface area contributed by atoms with E-state index in [1.807, 2.05) is 0 Å². The van der Waals surface area contributed by atoms with Gasteiger partial charge in [0, 0.05) is 0 Å². The summed E-state index contributed by atoms with van der Waals surface area (Å²) in [7, 11) is 1.27. The number of hydrogen-bond donors (Lipinski definition) is 1. The molecule has 0 radical (unpaired) electrons. The summed E-state index contributed by atoms with van der Waals surface area (Å²) in [6, 6.07) is 0. The number of methoxy groups -OCH3 is 1. The first kappa shape index (κ1) is 12.8. The van der Waals surface area contributed by atoms with Crippen molar-refractivity contribution in [3.63, 3.8) is 0 Å². The lowest BCUT2D eigenvalue weighted by Gasteiger charge is -2.30. The van der Waals surface area contributed by atoms with Gasteiger partial charge >= 0.3 is 5.97 Å². The quantitative estimate of drug-likeness (QED) is 0.553. The number of halogens is 1. The molecule has 2 rings (SSSR count). The second kappa shape index (κ2) is 4.24. The topological polar surface area (TPSA) is 65.0 Å². The molecule has 17 heavy (non-hydrogen) atoms. The third-order valence-electron chi connectivity index (χ3n) is 2.86. The Morgan fingerprint density at radius 3 is 2.76 bits per heavy atom. The first-order chi connectivity index (χ1) is 7.85. The van der Waals surface area contributed by atoms with Crippen molar-refractivity contribution < 1.29 is 24.1 Å². The van der Waals surface area contributed by atoms with Crippen molar-refractivity contribution in [1.29, 1.82) is 0 Å². The van der Waals surface area contributed by atoms with Crippen LogP contribution in [0.5, 0.6) is 0 Å². The number of aliphatic hydroxyl groups excluding tert-OH is 1. The summed E-state index contributed by atoms with van der Waals surface area (Å²) in [5.74, 6) is -1.36. The molecule has 1 fully saturated rings. The molecule has 2 aliphatic rings. The zero-order valence-corrected chi connectivity index (χ0v) is 10.6. The Hall–Kier alpha value is -0.620. The fourth-order valence-corrected chi connectivity index (χ4v) is 2.43. The number of ether oxygens (including phenoxy) is 3. The molecule has 1 saturated heterocycles. The highest BCUT2D eigenvalue weighted by Gasteiger charge is 2.50. The van der Waals surface area contributed by atoms with Gasteiger partial charge in [-0.2, -0.15) is 0 Å². The van der Waals surface area contributed by atoms with Gasteiger partial charge in [-0.25, -0.2) is 4.79 Å². The molecule has 0 aromatic rings. The van der Waals surface area contributed by atoms with Crippen LogP contribution < -0.4 is 0 Å². The van der Waals surface area contributed by atoms with Gasteiger partial charge in [0.1, 0.15) is 18.3 Å². The Morgan fingerprint density at radius 1 is 1.53 bits per heavy atom. The Bertz CT molecular complexity index is 365. The molecule has 96 valence electrons. The van der Waals surface area contributed by atoms with Gasteiger partial charge < -0.3 is 19.3 Å². The fourth-order valence-electron chi connectivity index (χ4n) is 2.13. The maximum atomic E-state index is 11.5. The van der Waals surface area contributed by atoms with E-state index >= 15 is 0 Å². The van der Waals surface area contributed by atoms with Crippen molar-refractivity contribution in [3.05, 3.63) is 11.6 Å². The van der Waals surface area contributed by atoms with E-state index in [0.29, 0.717) is 0 Å². The SMILES string of the molecule is COC(=O)C1=C[C@@H]2OC(C)(C)O[C@@H]2[C@@H](O)[C@H]1Cl. The molecule has 0 unspecified atom stereocenters. The van der Waals surface area contributed by atoms with Crippen LogP contribution in [0.15, 0.2) is 11.6 Å². The summed E-state index contributed by atoms with van der Waals surface area (Å²) in [4.78, 5) is 11.5. The van der Waals surface area contributed by atoms with Crippen LogP contribution in [0.3, 0.4) is 0 Å². The van der Waals surface area contributed by atoms with E-state index in [9.17, 15) is 9.90 Å². The normalized spacial score (nSPS) is 39.5. The number of alkyl halides is 1. The van der Waals surface area contributed by atoms with Crippen LogP contribution in [0.4, 0.5) is 0 Å². The Morgan fingerprint density at radius 2 is 2.18 bits per heavy atom. The molecule has 1 aliphatic carbocycles. The van der Waals surface area contributed by atoms with Crippen LogP contribution >= 0.6 is 11.6 Å². The molecule has 6 heteroatoms. The van der Waals surface area contributed by atoms with Crippen LogP contribution in [0.25, 0.3) is 0 Å². The van der Waals surface area contributed by atoms with Crippen molar-refractivity contribution in [2.75, 3.05) is 7.11 Å². The van der Waals surface area contributed by atoms with Crippen molar-refractivity contribution in [2.45, 2.75) is 43.3 Å². The van der Waals surface area contributed by atoms with E-state index in [2.05, 4.69) is 4.74 Å². The molecule has 0 amide bonds. The van der Waals surface area contributed by atoms with Crippen LogP contribution in [0, 0.1) is 0 Å². The Kier molecular flexibility index (Phi) is 3.20. The highest BCUT2D eigenvalue weighted by Crippen LogP contribution is 2.38. The molecule has 0 bridgehead atoms. The largest absolute Gasteiger partial charge is 0.466 e. The lowest BCUT2D eigenvalue weighted by molar-refractivity contribution is -0.152. The van der Waals surface area contributed by atoms with Gasteiger partial charge in [-0.05, 0) is 19.9 Å². The summed E-state index contributed by atoms with van der Waals surface area (Å²) in [5.41, 5.74) is 0.212. The van der Waals surface area contributed by atoms with E-state index in [0.717, 1.165) is 0 Å². The van der Waals surface area contributed by atoms with E-state index < -0.39 is 35.4 Å². The minimum Gasteiger partial charge on any atom is -0.466 e. The Balaban J connectivity index is 2.30. The number of rotatable bonds is 1. The minimum atomic E-state index is -0.998. The fraction of sp³-hybridized carbons (Fsp3) is 0.727. The molecule has 0 saturated carbocycles. The highest BCUT2D eigenvalue weighted by atomic mass is 35.5. The molecule has 0 spiro atoms. The predicted octanol–water partition coefficient (Wildman–Crippen LogP) is 0.588. The second-order valence-electron chi connectivity index (χ2n) is 4.57. The number of aliphatic hydroxyl groups is 1. The summed E-state index contributed by atoms with van der Waals surface area (Å²) in [6.07, 6.45) is -0.470. The van der Waals surface area contributed by atoms with E-state index in [1.54, 1.807) is 19.9 Å². The van der Waals surface area contributed by atoms with Crippen LogP contribution in [0.2, 0.25) is 0 Å². The van der Waals surface area contributed by atoms with Crippen molar-refractivity contribution in [2.24, 2.45) is 0 Å². The molecule has 1 aliphatic heterocycles. The number of carbonyl (C=O) groups is 1. The van der Waals surface area contributed by atoms with Crippen LogP contribution in [-0.2, 0) is 19.0 Å². The van der Waals surface area contributed by atoms with E-state index in [1.165, 1.54) is 7.11 Å². The van der Waals surface area contributed by atoms with Crippen molar-refractivity contribution in [1.82, 2.24) is 0 Å². The van der Waals surface area contributed by atoms with Gasteiger partial charge in [0.25, 0.3) is 0 Å². The number of fused-ring (bicyclic) bond motifs is 1. The molecule has 1 heterocycles. The van der Waals surface area contributed by atoms with Gasteiger partial charge in [0.2, 0.25) is 0 Å². The van der Waals surface area contributed by atoms with Gasteiger partial charge in [0.05, 0.1) is 18.1 Å². The molecule has 0 aromatic heterocycles. The number of carbonyl (C=O) groups excluding carboxylic acids is 1. The summed E-state index contributed by atoms with van der Waals surface area (Å²) in [6.45, 7) is 3.49. The zero-order chi connectivity index (χ0) is 12.8. The average molecular weight is 263 g/mol. The third-order valence-corrected chi connectivity index (χ3v) is 3.36. The van der Waals surface area contributed by atoms with Crippen molar-refractivity contribution >= 4 is 17.6 Å². The highest BCUT2D eigenvalue weighted by molar-refractivity contribution is 6.25. The van der Waals surface area contributed by atoms with Gasteiger partial charge in [-0.3, -0.25) is 0 Å². The van der Waals surface area contributed by atoms with Gasteiger partial charge in [-0.15, -0.1) is 11.6 Å². The van der Waals surface area contributed by atoms with E-state index in [-0.39, 0.29) is 5.57 Å². The first-order valence-electron chi connectivity index (χ1n) is 5.33. The van der Waals surface area contributed by atoms with Crippen molar-refractivity contribution in [3.8, 4) is 0 Å². The van der Waals surface area contributed by atoms with Crippen LogP contribution in [0.1, 0.15) is 13.8 Å². The second-order valence-corrected chi connectivity index (χ2v) is 5.04. The first-order valence-corrected chi connectivity index (χ1v) is 5.77. The van der Waals surface area contributed by atoms with Gasteiger partial charge in [-0.1, -0.05) is 0 Å². The minimum absolute atomic E-state index is 0.212. The zero-order valence-electron chi connectivity index (χ0n) is 9.84. The summed E-state index contributed by atoms with van der Waals surface area (Å²) >= 11 is 6.01. The monoisotopic (exact) mass is 262 g/mol. The Labute approximate surface area is 104 Å². The lowest BCUT2D eigenvalue weighted by atomic mass is 9.92. The lowest BCUT2D eigenvalue weighted by Crippen LogP contribution is -2.46. The summed E-state index contributed by atoms with van der Waals surface area (Å²) < 4.78 is 15.7. The molecular weight excluding hydrogens is 248 g/mol.